The lowest BCUT2D eigenvalue weighted by atomic mass is 9.81. The van der Waals surface area contributed by atoms with Gasteiger partial charge in [-0.2, -0.15) is 0 Å². The van der Waals surface area contributed by atoms with Crippen molar-refractivity contribution in [2.75, 3.05) is 25.5 Å². The standard InChI is InChI=1S/C21H25N3O6/c1-22-19(27)13-5-4-6-14(11-13)23-17(25)12-30-18(26)9-10-24-20(28)15-7-2-3-8-16(15)21(24)29/h4-6,11,15-16H,2-3,7-10,12H2,1H3,(H,22,27)(H,23,25)/t15-,16-/m1/s1. The molecule has 0 radical (unpaired) electrons. The van der Waals surface area contributed by atoms with Gasteiger partial charge in [-0.25, -0.2) is 0 Å². The minimum atomic E-state index is -0.667. The monoisotopic (exact) mass is 415 g/mol. The molecule has 9 heteroatoms. The highest BCUT2D eigenvalue weighted by Gasteiger charge is 2.47. The van der Waals surface area contributed by atoms with E-state index in [1.54, 1.807) is 18.2 Å². The third-order valence-electron chi connectivity index (χ3n) is 5.47. The van der Waals surface area contributed by atoms with Crippen LogP contribution in [0.25, 0.3) is 0 Å². The van der Waals surface area contributed by atoms with Crippen LogP contribution in [0.5, 0.6) is 0 Å². The fourth-order valence-corrected chi connectivity index (χ4v) is 3.95. The Balaban J connectivity index is 1.43. The van der Waals surface area contributed by atoms with Crippen molar-refractivity contribution in [1.82, 2.24) is 10.2 Å². The van der Waals surface area contributed by atoms with Crippen molar-refractivity contribution >= 4 is 35.3 Å². The number of anilines is 1. The summed E-state index contributed by atoms with van der Waals surface area (Å²) >= 11 is 0. The first kappa shape index (κ1) is 21.5. The number of hydrogen-bond donors (Lipinski definition) is 2. The number of benzene rings is 1. The molecule has 0 spiro atoms. The van der Waals surface area contributed by atoms with Crippen LogP contribution in [-0.2, 0) is 23.9 Å². The predicted octanol–water partition coefficient (Wildman–Crippen LogP) is 1.09. The van der Waals surface area contributed by atoms with Crippen LogP contribution in [-0.4, -0.2) is 54.7 Å². The van der Waals surface area contributed by atoms with Gasteiger partial charge in [-0.3, -0.25) is 28.9 Å². The van der Waals surface area contributed by atoms with Crippen LogP contribution in [0.1, 0.15) is 42.5 Å². The number of nitrogens with zero attached hydrogens (tertiary/aromatic N) is 1. The lowest BCUT2D eigenvalue weighted by Crippen LogP contribution is -2.33. The summed E-state index contributed by atoms with van der Waals surface area (Å²) in [6.45, 7) is -0.532. The molecule has 2 atom stereocenters. The predicted molar refractivity (Wildman–Crippen MR) is 106 cm³/mol. The van der Waals surface area contributed by atoms with Crippen molar-refractivity contribution < 1.29 is 28.7 Å². The van der Waals surface area contributed by atoms with Crippen molar-refractivity contribution in [1.29, 1.82) is 0 Å². The molecule has 2 aliphatic rings. The van der Waals surface area contributed by atoms with E-state index in [-0.39, 0.29) is 42.5 Å². The molecular formula is C21H25N3O6. The molecule has 4 amide bonds. The average Bonchev–Trinajstić information content (AvgIpc) is 3.00. The minimum Gasteiger partial charge on any atom is -0.456 e. The number of carbonyl (C=O) groups is 5. The number of carbonyl (C=O) groups excluding carboxylic acids is 5. The van der Waals surface area contributed by atoms with Gasteiger partial charge < -0.3 is 15.4 Å². The first-order valence-corrected chi connectivity index (χ1v) is 10.0. The van der Waals surface area contributed by atoms with Crippen LogP contribution in [0.3, 0.4) is 0 Å². The smallest absolute Gasteiger partial charge is 0.308 e. The van der Waals surface area contributed by atoms with E-state index < -0.39 is 18.5 Å². The van der Waals surface area contributed by atoms with E-state index in [0.717, 1.165) is 30.6 Å². The van der Waals surface area contributed by atoms with Gasteiger partial charge in [0.15, 0.2) is 6.61 Å². The third kappa shape index (κ3) is 4.84. The highest BCUT2D eigenvalue weighted by atomic mass is 16.5. The van der Waals surface area contributed by atoms with Crippen molar-refractivity contribution in [3.05, 3.63) is 29.8 Å². The summed E-state index contributed by atoms with van der Waals surface area (Å²) in [5.74, 6) is -2.42. The Bertz CT molecular complexity index is 844. The molecule has 0 unspecified atom stereocenters. The fraction of sp³-hybridized carbons (Fsp3) is 0.476. The summed E-state index contributed by atoms with van der Waals surface area (Å²) in [7, 11) is 1.50. The molecule has 3 rings (SSSR count). The van der Waals surface area contributed by atoms with Gasteiger partial charge in [0.05, 0.1) is 18.3 Å². The number of hydrogen-bond acceptors (Lipinski definition) is 6. The number of esters is 1. The number of nitrogens with one attached hydrogen (secondary N) is 2. The number of likely N-dealkylation sites (tertiary alicyclic amines) is 1. The second-order valence-electron chi connectivity index (χ2n) is 7.44. The Labute approximate surface area is 174 Å². The van der Waals surface area contributed by atoms with Gasteiger partial charge in [-0.1, -0.05) is 18.9 Å². The SMILES string of the molecule is CNC(=O)c1cccc(NC(=O)COC(=O)CCN2C(=O)[C@@H]3CCCC[C@H]3C2=O)c1. The molecule has 1 saturated heterocycles. The van der Waals surface area contributed by atoms with E-state index >= 15 is 0 Å². The van der Waals surface area contributed by atoms with Gasteiger partial charge in [0.2, 0.25) is 11.8 Å². The average molecular weight is 415 g/mol. The normalized spacial score (nSPS) is 20.5. The Morgan fingerprint density at radius 2 is 1.77 bits per heavy atom. The van der Waals surface area contributed by atoms with Crippen LogP contribution < -0.4 is 10.6 Å². The molecule has 1 heterocycles. The van der Waals surface area contributed by atoms with Gasteiger partial charge in [0.25, 0.3) is 11.8 Å². The lowest BCUT2D eigenvalue weighted by molar-refractivity contribution is -0.148. The second-order valence-corrected chi connectivity index (χ2v) is 7.44. The van der Waals surface area contributed by atoms with Crippen LogP contribution in [0, 0.1) is 11.8 Å². The molecule has 1 aliphatic carbocycles. The maximum atomic E-state index is 12.4. The number of amides is 4. The van der Waals surface area contributed by atoms with Gasteiger partial charge in [0, 0.05) is 24.8 Å². The van der Waals surface area contributed by atoms with Gasteiger partial charge in [-0.05, 0) is 31.0 Å². The number of ether oxygens (including phenoxy) is 1. The molecule has 1 saturated carbocycles. The van der Waals surface area contributed by atoms with Crippen molar-refractivity contribution in [2.45, 2.75) is 32.1 Å². The number of rotatable bonds is 7. The highest BCUT2D eigenvalue weighted by Crippen LogP contribution is 2.37. The molecule has 0 aromatic heterocycles. The van der Waals surface area contributed by atoms with Crippen molar-refractivity contribution in [3.63, 3.8) is 0 Å². The summed E-state index contributed by atoms with van der Waals surface area (Å²) in [4.78, 5) is 61.5. The first-order valence-electron chi connectivity index (χ1n) is 10.0. The Morgan fingerprint density at radius 3 is 2.40 bits per heavy atom. The van der Waals surface area contributed by atoms with Crippen molar-refractivity contribution in [2.24, 2.45) is 11.8 Å². The van der Waals surface area contributed by atoms with E-state index in [2.05, 4.69) is 10.6 Å². The molecular weight excluding hydrogens is 390 g/mol. The zero-order chi connectivity index (χ0) is 21.7. The molecule has 2 N–H and O–H groups in total. The topological polar surface area (TPSA) is 122 Å². The summed E-state index contributed by atoms with van der Waals surface area (Å²) < 4.78 is 4.94. The number of fused-ring (bicyclic) bond motifs is 1. The molecule has 2 fully saturated rings. The van der Waals surface area contributed by atoms with Crippen LogP contribution >= 0.6 is 0 Å². The van der Waals surface area contributed by atoms with Crippen LogP contribution in [0.2, 0.25) is 0 Å². The summed E-state index contributed by atoms with van der Waals surface area (Å²) in [6.07, 6.45) is 3.17. The molecule has 1 aromatic rings. The van der Waals surface area contributed by atoms with E-state index in [9.17, 15) is 24.0 Å². The van der Waals surface area contributed by atoms with E-state index in [1.165, 1.54) is 13.1 Å². The van der Waals surface area contributed by atoms with E-state index in [1.807, 2.05) is 0 Å². The quantitative estimate of drug-likeness (QED) is 0.508. The zero-order valence-electron chi connectivity index (χ0n) is 16.8. The Morgan fingerprint density at radius 1 is 1.10 bits per heavy atom. The fourth-order valence-electron chi connectivity index (χ4n) is 3.95. The van der Waals surface area contributed by atoms with Gasteiger partial charge in [-0.15, -0.1) is 0 Å². The minimum absolute atomic E-state index is 0.0285. The van der Waals surface area contributed by atoms with Gasteiger partial charge in [0.1, 0.15) is 0 Å². The van der Waals surface area contributed by atoms with Crippen molar-refractivity contribution in [3.8, 4) is 0 Å². The summed E-state index contributed by atoms with van der Waals surface area (Å²) in [5, 5.41) is 5.04. The maximum absolute atomic E-state index is 12.4. The first-order chi connectivity index (χ1) is 14.4. The van der Waals surface area contributed by atoms with E-state index in [0.29, 0.717) is 11.3 Å². The maximum Gasteiger partial charge on any atom is 0.308 e. The summed E-state index contributed by atoms with van der Waals surface area (Å²) in [5.41, 5.74) is 0.779. The largest absolute Gasteiger partial charge is 0.456 e. The zero-order valence-corrected chi connectivity index (χ0v) is 16.8. The van der Waals surface area contributed by atoms with Crippen LogP contribution in [0.4, 0.5) is 5.69 Å². The Hall–Kier alpha value is -3.23. The molecule has 1 aliphatic heterocycles. The molecule has 160 valence electrons. The number of imide groups is 1. The third-order valence-corrected chi connectivity index (χ3v) is 5.47. The van der Waals surface area contributed by atoms with E-state index in [4.69, 9.17) is 4.74 Å². The molecule has 0 bridgehead atoms. The molecule has 30 heavy (non-hydrogen) atoms. The molecule has 1 aromatic carbocycles. The van der Waals surface area contributed by atoms with Crippen LogP contribution in [0.15, 0.2) is 24.3 Å². The van der Waals surface area contributed by atoms with Gasteiger partial charge >= 0.3 is 5.97 Å². The Kier molecular flexibility index (Phi) is 6.81. The molecule has 9 nitrogen and oxygen atoms in total. The summed E-state index contributed by atoms with van der Waals surface area (Å²) in [6, 6.07) is 6.33. The highest BCUT2D eigenvalue weighted by molar-refractivity contribution is 6.05. The lowest BCUT2D eigenvalue weighted by Gasteiger charge is -2.19. The second kappa shape index (κ2) is 9.51.